The number of phenolic OH excluding ortho intramolecular Hbond substituents is 1. The fraction of sp³-hybridized carbons (Fsp3) is 0.120. The van der Waals surface area contributed by atoms with Crippen molar-refractivity contribution in [3.05, 3.63) is 82.1 Å². The number of phenols is 1. The number of rotatable bonds is 6. The summed E-state index contributed by atoms with van der Waals surface area (Å²) in [7, 11) is 1.40. The van der Waals surface area contributed by atoms with E-state index in [4.69, 9.17) is 9.84 Å². The highest BCUT2D eigenvalue weighted by atomic mass is 16.7. The SMILES string of the molecule is COc1[nH]n(-c2ccc(C)c(C)c2)c(=O)c1N=Nc1cccc(-c2cccc(OC(=O)O)c2)c1O. The molecule has 0 saturated heterocycles. The van der Waals surface area contributed by atoms with Crippen molar-refractivity contribution >= 4 is 17.5 Å². The van der Waals surface area contributed by atoms with Crippen LogP contribution < -0.4 is 15.0 Å². The van der Waals surface area contributed by atoms with Crippen LogP contribution in [-0.2, 0) is 0 Å². The van der Waals surface area contributed by atoms with Gasteiger partial charge in [0.2, 0.25) is 11.6 Å². The van der Waals surface area contributed by atoms with Gasteiger partial charge in [-0.25, -0.2) is 9.48 Å². The van der Waals surface area contributed by atoms with Gasteiger partial charge >= 0.3 is 11.7 Å². The number of para-hydroxylation sites is 1. The quantitative estimate of drug-likeness (QED) is 0.188. The Balaban J connectivity index is 1.71. The van der Waals surface area contributed by atoms with Crippen molar-refractivity contribution in [3.63, 3.8) is 0 Å². The van der Waals surface area contributed by atoms with Gasteiger partial charge in [0.25, 0.3) is 0 Å². The first kappa shape index (κ1) is 23.3. The van der Waals surface area contributed by atoms with E-state index in [9.17, 15) is 14.7 Å². The standard InChI is InChI=1S/C25H22N4O6/c1-14-10-11-17(12-15(14)2)29-24(31)21(23(28-29)34-3)27-26-20-9-5-8-19(22(20)30)16-6-4-7-18(13-16)35-25(32)33/h4-13,28,30H,1-3H3,(H,32,33). The minimum Gasteiger partial charge on any atom is -0.505 e. The monoisotopic (exact) mass is 474 g/mol. The number of aryl methyl sites for hydroxylation is 2. The molecule has 0 atom stereocenters. The van der Waals surface area contributed by atoms with Gasteiger partial charge in [-0.2, -0.15) is 0 Å². The fourth-order valence-electron chi connectivity index (χ4n) is 3.46. The van der Waals surface area contributed by atoms with E-state index in [2.05, 4.69) is 20.1 Å². The molecule has 0 aliphatic rings. The van der Waals surface area contributed by atoms with Gasteiger partial charge in [-0.1, -0.05) is 30.3 Å². The molecule has 4 aromatic rings. The molecule has 1 aromatic heterocycles. The van der Waals surface area contributed by atoms with Crippen molar-refractivity contribution in [1.82, 2.24) is 9.78 Å². The Labute approximate surface area is 199 Å². The number of aromatic hydroxyl groups is 1. The van der Waals surface area contributed by atoms with Crippen molar-refractivity contribution in [2.75, 3.05) is 7.11 Å². The minimum atomic E-state index is -1.44. The van der Waals surface area contributed by atoms with Gasteiger partial charge in [-0.3, -0.25) is 9.89 Å². The molecule has 0 spiro atoms. The molecule has 0 unspecified atom stereocenters. The summed E-state index contributed by atoms with van der Waals surface area (Å²) in [6.07, 6.45) is -1.44. The van der Waals surface area contributed by atoms with E-state index < -0.39 is 11.7 Å². The van der Waals surface area contributed by atoms with E-state index in [1.807, 2.05) is 26.0 Å². The predicted octanol–water partition coefficient (Wildman–Crippen LogP) is 5.64. The molecular formula is C25H22N4O6. The predicted molar refractivity (Wildman–Crippen MR) is 129 cm³/mol. The molecule has 4 rings (SSSR count). The first-order valence-corrected chi connectivity index (χ1v) is 10.5. The third kappa shape index (κ3) is 4.76. The number of methoxy groups -OCH3 is 1. The van der Waals surface area contributed by atoms with Crippen LogP contribution in [0.25, 0.3) is 16.8 Å². The van der Waals surface area contributed by atoms with Gasteiger partial charge in [0, 0.05) is 5.56 Å². The second-order valence-electron chi connectivity index (χ2n) is 7.67. The second kappa shape index (κ2) is 9.56. The molecule has 10 nitrogen and oxygen atoms in total. The smallest absolute Gasteiger partial charge is 0.505 e. The molecule has 0 aliphatic heterocycles. The Morgan fingerprint density at radius 2 is 1.77 bits per heavy atom. The maximum Gasteiger partial charge on any atom is 0.511 e. The lowest BCUT2D eigenvalue weighted by atomic mass is 10.0. The summed E-state index contributed by atoms with van der Waals surface area (Å²) in [5.74, 6) is 0.0178. The Morgan fingerprint density at radius 1 is 1.00 bits per heavy atom. The maximum atomic E-state index is 13.0. The van der Waals surface area contributed by atoms with Gasteiger partial charge in [-0.15, -0.1) is 10.2 Å². The second-order valence-corrected chi connectivity index (χ2v) is 7.67. The lowest BCUT2D eigenvalue weighted by Gasteiger charge is -2.08. The number of carboxylic acid groups (broad SMARTS) is 1. The number of ether oxygens (including phenoxy) is 2. The molecule has 0 aliphatic carbocycles. The molecular weight excluding hydrogens is 452 g/mol. The van der Waals surface area contributed by atoms with Gasteiger partial charge in [-0.05, 0) is 60.9 Å². The largest absolute Gasteiger partial charge is 0.511 e. The van der Waals surface area contributed by atoms with Crippen LogP contribution >= 0.6 is 0 Å². The molecule has 3 N–H and O–H groups in total. The number of aromatic amines is 1. The van der Waals surface area contributed by atoms with Crippen LogP contribution in [0.2, 0.25) is 0 Å². The Kier molecular flexibility index (Phi) is 6.36. The molecule has 178 valence electrons. The van der Waals surface area contributed by atoms with Gasteiger partial charge in [0.1, 0.15) is 11.4 Å². The van der Waals surface area contributed by atoms with Gasteiger partial charge in [0.05, 0.1) is 12.8 Å². The Bertz CT molecular complexity index is 1500. The molecule has 0 saturated carbocycles. The number of nitrogens with one attached hydrogen (secondary N) is 1. The molecule has 35 heavy (non-hydrogen) atoms. The number of nitrogens with zero attached hydrogens (tertiary/aromatic N) is 3. The average Bonchev–Trinajstić information content (AvgIpc) is 3.15. The van der Waals surface area contributed by atoms with E-state index in [0.29, 0.717) is 16.8 Å². The summed E-state index contributed by atoms with van der Waals surface area (Å²) < 4.78 is 11.3. The minimum absolute atomic E-state index is 0.0626. The number of benzene rings is 3. The topological polar surface area (TPSA) is 138 Å². The van der Waals surface area contributed by atoms with Crippen LogP contribution in [0.3, 0.4) is 0 Å². The zero-order valence-electron chi connectivity index (χ0n) is 19.1. The average molecular weight is 474 g/mol. The third-order valence-corrected chi connectivity index (χ3v) is 5.41. The number of H-pyrrole nitrogens is 1. The van der Waals surface area contributed by atoms with Crippen molar-refractivity contribution in [3.8, 4) is 34.2 Å². The van der Waals surface area contributed by atoms with Crippen molar-refractivity contribution < 1.29 is 24.5 Å². The molecule has 1 heterocycles. The zero-order chi connectivity index (χ0) is 25.1. The zero-order valence-corrected chi connectivity index (χ0v) is 19.1. The molecule has 3 aromatic carbocycles. The Morgan fingerprint density at radius 3 is 2.49 bits per heavy atom. The van der Waals surface area contributed by atoms with E-state index in [1.165, 1.54) is 30.0 Å². The molecule has 0 radical (unpaired) electrons. The van der Waals surface area contributed by atoms with E-state index in [-0.39, 0.29) is 28.8 Å². The highest BCUT2D eigenvalue weighted by Crippen LogP contribution is 2.39. The van der Waals surface area contributed by atoms with Crippen molar-refractivity contribution in [2.24, 2.45) is 10.2 Å². The summed E-state index contributed by atoms with van der Waals surface area (Å²) >= 11 is 0. The first-order valence-electron chi connectivity index (χ1n) is 10.5. The van der Waals surface area contributed by atoms with Crippen LogP contribution in [0.15, 0.2) is 75.7 Å². The van der Waals surface area contributed by atoms with Crippen LogP contribution in [0, 0.1) is 13.8 Å². The fourth-order valence-corrected chi connectivity index (χ4v) is 3.46. The summed E-state index contributed by atoms with van der Waals surface area (Å²) in [6, 6.07) is 16.6. The number of carbonyl (C=O) groups is 1. The summed E-state index contributed by atoms with van der Waals surface area (Å²) in [4.78, 5) is 23.9. The lowest BCUT2D eigenvalue weighted by Crippen LogP contribution is -2.14. The van der Waals surface area contributed by atoms with E-state index in [0.717, 1.165) is 11.1 Å². The number of hydrogen-bond acceptors (Lipinski definition) is 7. The lowest BCUT2D eigenvalue weighted by molar-refractivity contribution is 0.144. The van der Waals surface area contributed by atoms with Crippen molar-refractivity contribution in [2.45, 2.75) is 13.8 Å². The van der Waals surface area contributed by atoms with Gasteiger partial charge in [0.15, 0.2) is 5.75 Å². The third-order valence-electron chi connectivity index (χ3n) is 5.41. The van der Waals surface area contributed by atoms with Crippen LogP contribution in [0.5, 0.6) is 17.4 Å². The maximum absolute atomic E-state index is 13.0. The van der Waals surface area contributed by atoms with Crippen molar-refractivity contribution in [1.29, 1.82) is 0 Å². The van der Waals surface area contributed by atoms with Gasteiger partial charge < -0.3 is 19.7 Å². The molecule has 0 fully saturated rings. The van der Waals surface area contributed by atoms with Crippen LogP contribution in [0.4, 0.5) is 16.2 Å². The summed E-state index contributed by atoms with van der Waals surface area (Å²) in [6.45, 7) is 3.93. The Hall–Kier alpha value is -4.86. The molecule has 0 bridgehead atoms. The molecule has 0 amide bonds. The number of aromatic nitrogens is 2. The number of azo groups is 1. The van der Waals surface area contributed by atoms with Crippen LogP contribution in [0.1, 0.15) is 11.1 Å². The highest BCUT2D eigenvalue weighted by molar-refractivity contribution is 5.77. The van der Waals surface area contributed by atoms with E-state index in [1.54, 1.807) is 30.3 Å². The summed E-state index contributed by atoms with van der Waals surface area (Å²) in [5, 5.41) is 30.6. The van der Waals surface area contributed by atoms with Crippen LogP contribution in [-0.4, -0.2) is 33.3 Å². The normalized spacial score (nSPS) is 11.1. The highest BCUT2D eigenvalue weighted by Gasteiger charge is 2.17. The first-order chi connectivity index (χ1) is 16.8. The molecule has 10 heteroatoms. The number of hydrogen-bond donors (Lipinski definition) is 3. The van der Waals surface area contributed by atoms with E-state index >= 15 is 0 Å². The summed E-state index contributed by atoms with van der Waals surface area (Å²) in [5.41, 5.74) is 3.19.